The summed E-state index contributed by atoms with van der Waals surface area (Å²) < 4.78 is 34.0. The molecule has 0 bridgehead atoms. The molecule has 0 N–H and O–H groups in total. The van der Waals surface area contributed by atoms with Gasteiger partial charge in [-0.15, -0.1) is 0 Å². The fourth-order valence-corrected chi connectivity index (χ4v) is 5.46. The molecule has 0 aliphatic rings. The first kappa shape index (κ1) is 21.2. The van der Waals surface area contributed by atoms with Gasteiger partial charge in [-0.25, -0.2) is 0 Å². The van der Waals surface area contributed by atoms with Crippen LogP contribution in [0, 0.1) is 0 Å². The molecule has 8 heteroatoms. The van der Waals surface area contributed by atoms with E-state index in [1.165, 1.54) is 0 Å². The maximum absolute atomic E-state index is 6.29. The quantitative estimate of drug-likeness (QED) is 0.386. The van der Waals surface area contributed by atoms with Crippen LogP contribution in [-0.4, -0.2) is 21.3 Å². The Morgan fingerprint density at radius 1 is 0.517 bits per heavy atom. The Hall–Kier alpha value is -2.47. The Morgan fingerprint density at radius 2 is 0.828 bits per heavy atom. The molecule has 0 aromatic heterocycles. The maximum atomic E-state index is 6.29. The molecule has 3 rings (SSSR count). The van der Waals surface area contributed by atoms with Crippen molar-refractivity contribution in [3.05, 3.63) is 72.8 Å². The van der Waals surface area contributed by atoms with E-state index in [1.54, 1.807) is 45.6 Å². The van der Waals surface area contributed by atoms with Gasteiger partial charge in [0.2, 0.25) is 0 Å². The number of hydrogen-bond acceptors (Lipinski definition) is 6. The van der Waals surface area contributed by atoms with Crippen molar-refractivity contribution in [3.8, 4) is 28.7 Å². The van der Waals surface area contributed by atoms with E-state index < -0.39 is 7.94 Å². The number of ether oxygens (including phenoxy) is 3. The Morgan fingerprint density at radius 3 is 1.14 bits per heavy atom. The van der Waals surface area contributed by atoms with Crippen LogP contribution in [0.15, 0.2) is 72.8 Å². The fourth-order valence-electron chi connectivity index (χ4n) is 2.61. The summed E-state index contributed by atoms with van der Waals surface area (Å²) in [5.74, 6) is 3.34. The predicted molar refractivity (Wildman–Crippen MR) is 118 cm³/mol. The van der Waals surface area contributed by atoms with Crippen LogP contribution in [0.4, 0.5) is 0 Å². The molecular formula is C21H22BrO6P. The standard InChI is InChI=1S/C21H22BrO6P/c1-23-16-4-8-19(9-5-16)26-29(28-22,21-14-12-18(25-3)13-15-21)27-20-10-6-17(24-2)7-11-20/h4-15,29H,1-3H3. The Labute approximate surface area is 179 Å². The van der Waals surface area contributed by atoms with Crippen molar-refractivity contribution in [2.75, 3.05) is 21.3 Å². The van der Waals surface area contributed by atoms with Crippen LogP contribution < -0.4 is 28.6 Å². The number of halogens is 1. The van der Waals surface area contributed by atoms with Crippen molar-refractivity contribution < 1.29 is 26.9 Å². The summed E-state index contributed by atoms with van der Waals surface area (Å²) in [5, 5.41) is 0.752. The first-order valence-corrected chi connectivity index (χ1v) is 11.1. The van der Waals surface area contributed by atoms with E-state index in [0.717, 1.165) is 22.6 Å². The summed E-state index contributed by atoms with van der Waals surface area (Å²) in [5.41, 5.74) is 0. The summed E-state index contributed by atoms with van der Waals surface area (Å²) >= 11 is 3.15. The molecule has 6 nitrogen and oxygen atoms in total. The van der Waals surface area contributed by atoms with Gasteiger partial charge in [-0.1, -0.05) is 0 Å². The van der Waals surface area contributed by atoms with Gasteiger partial charge in [-0.3, -0.25) is 0 Å². The number of rotatable bonds is 9. The number of benzene rings is 3. The molecule has 154 valence electrons. The Bertz CT molecular complexity index is 850. The molecule has 3 aromatic carbocycles. The van der Waals surface area contributed by atoms with Crippen molar-refractivity contribution in [2.45, 2.75) is 0 Å². The molecule has 0 saturated heterocycles. The summed E-state index contributed by atoms with van der Waals surface area (Å²) in [6.45, 7) is 0. The summed E-state index contributed by atoms with van der Waals surface area (Å²) in [7, 11) is 1.40. The van der Waals surface area contributed by atoms with Crippen molar-refractivity contribution >= 4 is 29.5 Å². The van der Waals surface area contributed by atoms with E-state index in [9.17, 15) is 0 Å². The minimum absolute atomic E-state index is 0.584. The Balaban J connectivity index is 1.98. The third-order valence-electron chi connectivity index (χ3n) is 4.17. The fraction of sp³-hybridized carbons (Fsp3) is 0.143. The van der Waals surface area contributed by atoms with Crippen molar-refractivity contribution in [1.82, 2.24) is 0 Å². The zero-order valence-electron chi connectivity index (χ0n) is 16.3. The molecule has 0 aliphatic heterocycles. The van der Waals surface area contributed by atoms with Crippen LogP contribution in [-0.2, 0) is 3.62 Å². The zero-order chi connectivity index (χ0) is 20.7. The normalized spacial score (nSPS) is 11.4. The van der Waals surface area contributed by atoms with Gasteiger partial charge in [-0.05, 0) is 0 Å². The van der Waals surface area contributed by atoms with Gasteiger partial charge in [-0.2, -0.15) is 0 Å². The van der Waals surface area contributed by atoms with Crippen molar-refractivity contribution in [3.63, 3.8) is 0 Å². The Kier molecular flexibility index (Phi) is 7.20. The van der Waals surface area contributed by atoms with Crippen molar-refractivity contribution in [2.24, 2.45) is 0 Å². The van der Waals surface area contributed by atoms with Crippen LogP contribution in [0.5, 0.6) is 28.7 Å². The molecule has 29 heavy (non-hydrogen) atoms. The number of hydrogen-bond donors (Lipinski definition) is 0. The summed E-state index contributed by atoms with van der Waals surface area (Å²) in [4.78, 5) is 0. The molecule has 3 aromatic rings. The predicted octanol–water partition coefficient (Wildman–Crippen LogP) is 5.32. The average Bonchev–Trinajstić information content (AvgIpc) is 2.79. The SMILES string of the molecule is COc1ccc(O[PH](OBr)(Oc2ccc(OC)cc2)c2ccc(OC)cc2)cc1. The third-order valence-corrected chi connectivity index (χ3v) is 7.70. The first-order valence-electron chi connectivity index (χ1n) is 8.73. The van der Waals surface area contributed by atoms with Crippen LogP contribution in [0.2, 0.25) is 0 Å². The van der Waals surface area contributed by atoms with Gasteiger partial charge in [0.25, 0.3) is 0 Å². The van der Waals surface area contributed by atoms with Crippen LogP contribution in [0.3, 0.4) is 0 Å². The zero-order valence-corrected chi connectivity index (χ0v) is 18.8. The van der Waals surface area contributed by atoms with E-state index in [1.807, 2.05) is 48.5 Å². The van der Waals surface area contributed by atoms with E-state index in [4.69, 9.17) is 26.9 Å². The van der Waals surface area contributed by atoms with E-state index >= 15 is 0 Å². The van der Waals surface area contributed by atoms with Gasteiger partial charge in [0.15, 0.2) is 0 Å². The number of methoxy groups -OCH3 is 3. The average molecular weight is 481 g/mol. The van der Waals surface area contributed by atoms with E-state index in [-0.39, 0.29) is 0 Å². The molecule has 0 unspecified atom stereocenters. The van der Waals surface area contributed by atoms with Gasteiger partial charge in [0.05, 0.1) is 0 Å². The minimum atomic E-state index is -3.44. The van der Waals surface area contributed by atoms with Gasteiger partial charge >= 0.3 is 179 Å². The van der Waals surface area contributed by atoms with Gasteiger partial charge in [0.1, 0.15) is 0 Å². The molecule has 0 amide bonds. The first-order chi connectivity index (χ1) is 14.1. The molecule has 0 heterocycles. The molecular weight excluding hydrogens is 459 g/mol. The molecule has 0 aliphatic carbocycles. The molecule has 0 fully saturated rings. The second kappa shape index (κ2) is 9.83. The van der Waals surface area contributed by atoms with E-state index in [0.29, 0.717) is 11.5 Å². The second-order valence-corrected chi connectivity index (χ2v) is 9.14. The summed E-state index contributed by atoms with van der Waals surface area (Å²) in [6, 6.07) is 21.8. The molecule has 0 atom stereocenters. The van der Waals surface area contributed by atoms with Gasteiger partial charge in [0, 0.05) is 0 Å². The van der Waals surface area contributed by atoms with Gasteiger partial charge < -0.3 is 0 Å². The van der Waals surface area contributed by atoms with Crippen molar-refractivity contribution in [1.29, 1.82) is 0 Å². The van der Waals surface area contributed by atoms with Crippen LogP contribution in [0.1, 0.15) is 0 Å². The van der Waals surface area contributed by atoms with Crippen LogP contribution >= 0.6 is 24.2 Å². The van der Waals surface area contributed by atoms with Crippen LogP contribution in [0.25, 0.3) is 0 Å². The van der Waals surface area contributed by atoms with E-state index in [2.05, 4.69) is 16.3 Å². The topological polar surface area (TPSA) is 55.4 Å². The monoisotopic (exact) mass is 480 g/mol. The molecule has 0 spiro atoms. The molecule has 0 radical (unpaired) electrons. The molecule has 0 saturated carbocycles. The second-order valence-electron chi connectivity index (χ2n) is 5.92. The third kappa shape index (κ3) is 5.12. The summed E-state index contributed by atoms with van der Waals surface area (Å²) in [6.07, 6.45) is 0.